The van der Waals surface area contributed by atoms with Crippen molar-refractivity contribution in [3.63, 3.8) is 0 Å². The van der Waals surface area contributed by atoms with Crippen LogP contribution in [-0.4, -0.2) is 54.8 Å². The fraction of sp³-hybridized carbons (Fsp3) is 0.536. The van der Waals surface area contributed by atoms with E-state index in [0.717, 1.165) is 0 Å². The molecule has 2 aromatic carbocycles. The Kier molecular flexibility index (Phi) is 7.65. The van der Waals surface area contributed by atoms with Gasteiger partial charge in [-0.3, -0.25) is 0 Å². The zero-order valence-electron chi connectivity index (χ0n) is 21.8. The van der Waals surface area contributed by atoms with Crippen molar-refractivity contribution >= 4 is 24.8 Å². The molecule has 0 aliphatic carbocycles. The Morgan fingerprint density at radius 2 is 1.50 bits per heavy atom. The molecule has 1 fully saturated rings. The highest BCUT2D eigenvalue weighted by molar-refractivity contribution is 6.99. The van der Waals surface area contributed by atoms with Gasteiger partial charge in [0.05, 0.1) is 12.1 Å². The van der Waals surface area contributed by atoms with Crippen molar-refractivity contribution in [2.75, 3.05) is 13.2 Å². The van der Waals surface area contributed by atoms with Crippen LogP contribution in [0, 0.1) is 0 Å². The number of piperidine rings is 1. The number of hydrogen-bond donors (Lipinski definition) is 1. The molecule has 2 unspecified atom stereocenters. The van der Waals surface area contributed by atoms with Gasteiger partial charge in [-0.15, -0.1) is 0 Å². The zero-order valence-corrected chi connectivity index (χ0v) is 22.8. The average molecular weight is 484 g/mol. The molecule has 1 saturated heterocycles. The highest BCUT2D eigenvalue weighted by atomic mass is 28.4. The topological polar surface area (TPSA) is 59.0 Å². The molecule has 186 valence electrons. The van der Waals surface area contributed by atoms with Crippen LogP contribution in [-0.2, 0) is 9.16 Å². The molecule has 1 aliphatic rings. The summed E-state index contributed by atoms with van der Waals surface area (Å²) in [5.41, 5.74) is -1.34. The Labute approximate surface area is 206 Å². The van der Waals surface area contributed by atoms with Crippen molar-refractivity contribution in [2.45, 2.75) is 83.6 Å². The van der Waals surface area contributed by atoms with Gasteiger partial charge in [-0.2, -0.15) is 0 Å². The molecule has 1 heterocycles. The molecule has 1 aliphatic heterocycles. The Morgan fingerprint density at radius 3 is 1.91 bits per heavy atom. The monoisotopic (exact) mass is 483 g/mol. The summed E-state index contributed by atoms with van der Waals surface area (Å²) < 4.78 is 12.9. The number of ether oxygens (including phenoxy) is 1. The van der Waals surface area contributed by atoms with Crippen LogP contribution in [0.1, 0.15) is 61.3 Å². The third-order valence-electron chi connectivity index (χ3n) is 6.71. The summed E-state index contributed by atoms with van der Waals surface area (Å²) >= 11 is 0. The van der Waals surface area contributed by atoms with Crippen LogP contribution in [0.15, 0.2) is 60.7 Å². The maximum atomic E-state index is 12.9. The number of benzene rings is 2. The van der Waals surface area contributed by atoms with Gasteiger partial charge in [-0.05, 0) is 55.9 Å². The molecular formula is C28H41NO4Si. The first kappa shape index (κ1) is 26.5. The number of amides is 1. The molecule has 0 saturated carbocycles. The molecule has 2 atom stereocenters. The second-order valence-electron chi connectivity index (χ2n) is 11.7. The third kappa shape index (κ3) is 5.40. The third-order valence-corrected chi connectivity index (χ3v) is 11.8. The van der Waals surface area contributed by atoms with Crippen LogP contribution < -0.4 is 10.4 Å². The number of hydrogen-bond acceptors (Lipinski definition) is 4. The SMILES string of the molecule is CC(C)(C)OC(=O)N1CCC(O[Si](c2ccccc2)(c2ccccc2)C(C)(C)C)CC1(C)CO. The van der Waals surface area contributed by atoms with Crippen LogP contribution in [0.5, 0.6) is 0 Å². The van der Waals surface area contributed by atoms with Crippen molar-refractivity contribution in [1.82, 2.24) is 4.90 Å². The zero-order chi connectivity index (χ0) is 25.2. The van der Waals surface area contributed by atoms with E-state index in [4.69, 9.17) is 9.16 Å². The molecule has 0 aromatic heterocycles. The average Bonchev–Trinajstić information content (AvgIpc) is 2.76. The molecule has 5 nitrogen and oxygen atoms in total. The van der Waals surface area contributed by atoms with E-state index in [-0.39, 0.29) is 23.8 Å². The number of nitrogens with zero attached hydrogens (tertiary/aromatic N) is 1. The number of carbonyl (C=O) groups excluding carboxylic acids is 1. The normalized spacial score (nSPS) is 21.9. The molecule has 0 radical (unpaired) electrons. The largest absolute Gasteiger partial charge is 0.444 e. The Morgan fingerprint density at radius 1 is 1.00 bits per heavy atom. The lowest BCUT2D eigenvalue weighted by molar-refractivity contribution is -0.0510. The van der Waals surface area contributed by atoms with E-state index in [1.54, 1.807) is 4.90 Å². The minimum atomic E-state index is -2.72. The number of aliphatic hydroxyl groups excluding tert-OH is 1. The first-order valence-corrected chi connectivity index (χ1v) is 14.1. The fourth-order valence-corrected chi connectivity index (χ4v) is 9.78. The lowest BCUT2D eigenvalue weighted by Crippen LogP contribution is -2.69. The maximum Gasteiger partial charge on any atom is 0.410 e. The highest BCUT2D eigenvalue weighted by Gasteiger charge is 2.53. The van der Waals surface area contributed by atoms with Crippen LogP contribution >= 0.6 is 0 Å². The minimum absolute atomic E-state index is 0.0952. The Hall–Kier alpha value is -2.15. The van der Waals surface area contributed by atoms with E-state index in [2.05, 4.69) is 69.3 Å². The van der Waals surface area contributed by atoms with Gasteiger partial charge in [0.1, 0.15) is 5.60 Å². The standard InChI is InChI=1S/C28H41NO4Si/c1-26(2,3)32-25(31)29-19-18-22(20-28(29,7)21-30)33-34(27(4,5)6,23-14-10-8-11-15-23)24-16-12-9-13-17-24/h8-17,22,30H,18-21H2,1-7H3. The number of aliphatic hydroxyl groups is 1. The van der Waals surface area contributed by atoms with Crippen molar-refractivity contribution < 1.29 is 19.1 Å². The van der Waals surface area contributed by atoms with E-state index in [1.165, 1.54) is 10.4 Å². The molecule has 0 bridgehead atoms. The molecular weight excluding hydrogens is 442 g/mol. The molecule has 2 aromatic rings. The first-order valence-electron chi connectivity index (χ1n) is 12.2. The maximum absolute atomic E-state index is 12.9. The lowest BCUT2D eigenvalue weighted by Gasteiger charge is -2.51. The Balaban J connectivity index is 1.99. The van der Waals surface area contributed by atoms with Crippen molar-refractivity contribution in [3.05, 3.63) is 60.7 Å². The predicted octanol–water partition coefficient (Wildman–Crippen LogP) is 4.71. The van der Waals surface area contributed by atoms with Gasteiger partial charge in [0.25, 0.3) is 8.32 Å². The molecule has 0 spiro atoms. The van der Waals surface area contributed by atoms with E-state index in [1.807, 2.05) is 39.8 Å². The summed E-state index contributed by atoms with van der Waals surface area (Å²) in [6.45, 7) is 14.6. The number of rotatable bonds is 5. The van der Waals surface area contributed by atoms with Gasteiger partial charge in [0.15, 0.2) is 0 Å². The summed E-state index contributed by atoms with van der Waals surface area (Å²) in [5.74, 6) is 0. The van der Waals surface area contributed by atoms with Crippen molar-refractivity contribution in [1.29, 1.82) is 0 Å². The highest BCUT2D eigenvalue weighted by Crippen LogP contribution is 2.40. The van der Waals surface area contributed by atoms with Gasteiger partial charge in [-0.1, -0.05) is 81.4 Å². The number of carbonyl (C=O) groups is 1. The van der Waals surface area contributed by atoms with Crippen LogP contribution in [0.2, 0.25) is 5.04 Å². The van der Waals surface area contributed by atoms with Crippen molar-refractivity contribution in [2.24, 2.45) is 0 Å². The summed E-state index contributed by atoms with van der Waals surface area (Å²) in [7, 11) is -2.72. The number of likely N-dealkylation sites (tertiary alicyclic amines) is 1. The van der Waals surface area contributed by atoms with Gasteiger partial charge in [0, 0.05) is 12.6 Å². The minimum Gasteiger partial charge on any atom is -0.444 e. The van der Waals surface area contributed by atoms with Gasteiger partial charge >= 0.3 is 6.09 Å². The van der Waals surface area contributed by atoms with Crippen LogP contribution in [0.25, 0.3) is 0 Å². The fourth-order valence-electron chi connectivity index (χ4n) is 5.07. The molecule has 1 N–H and O–H groups in total. The molecule has 6 heteroatoms. The van der Waals surface area contributed by atoms with E-state index in [9.17, 15) is 9.90 Å². The van der Waals surface area contributed by atoms with Crippen LogP contribution in [0.3, 0.4) is 0 Å². The first-order chi connectivity index (χ1) is 15.8. The smallest absolute Gasteiger partial charge is 0.410 e. The lowest BCUT2D eigenvalue weighted by atomic mass is 9.88. The van der Waals surface area contributed by atoms with E-state index in [0.29, 0.717) is 19.4 Å². The predicted molar refractivity (Wildman–Crippen MR) is 140 cm³/mol. The van der Waals surface area contributed by atoms with Crippen molar-refractivity contribution in [3.8, 4) is 0 Å². The molecule has 3 rings (SSSR count). The van der Waals surface area contributed by atoms with Gasteiger partial charge in [-0.25, -0.2) is 4.79 Å². The van der Waals surface area contributed by atoms with Gasteiger partial charge < -0.3 is 19.2 Å². The second kappa shape index (κ2) is 9.84. The summed E-state index contributed by atoms with van der Waals surface area (Å²) in [6, 6.07) is 21.2. The van der Waals surface area contributed by atoms with E-state index < -0.39 is 19.5 Å². The summed E-state index contributed by atoms with van der Waals surface area (Å²) in [4.78, 5) is 14.6. The Bertz CT molecular complexity index is 912. The summed E-state index contributed by atoms with van der Waals surface area (Å²) in [5, 5.41) is 12.7. The quantitative estimate of drug-likeness (QED) is 0.626. The van der Waals surface area contributed by atoms with Gasteiger partial charge in [0.2, 0.25) is 0 Å². The molecule has 34 heavy (non-hydrogen) atoms. The summed E-state index contributed by atoms with van der Waals surface area (Å²) in [6.07, 6.45) is 0.766. The second-order valence-corrected chi connectivity index (χ2v) is 15.9. The van der Waals surface area contributed by atoms with Crippen LogP contribution in [0.4, 0.5) is 4.79 Å². The van der Waals surface area contributed by atoms with E-state index >= 15 is 0 Å². The molecule has 1 amide bonds.